The van der Waals surface area contributed by atoms with E-state index >= 15 is 0 Å². The molecule has 24 heavy (non-hydrogen) atoms. The van der Waals surface area contributed by atoms with Crippen molar-refractivity contribution in [2.24, 2.45) is 0 Å². The van der Waals surface area contributed by atoms with Crippen LogP contribution in [0.25, 0.3) is 0 Å². The Kier molecular flexibility index (Phi) is 6.07. The SMILES string of the molecule is CC(CC(=O)N(C)CC(=O)Nc1cccc(F)c1)c1ccccc1. The quantitative estimate of drug-likeness (QED) is 0.883. The predicted octanol–water partition coefficient (Wildman–Crippen LogP) is 3.42. The topological polar surface area (TPSA) is 49.4 Å². The van der Waals surface area contributed by atoms with Gasteiger partial charge >= 0.3 is 0 Å². The van der Waals surface area contributed by atoms with Gasteiger partial charge in [0.05, 0.1) is 6.54 Å². The first-order valence-electron chi connectivity index (χ1n) is 7.80. The summed E-state index contributed by atoms with van der Waals surface area (Å²) in [5.41, 5.74) is 1.46. The lowest BCUT2D eigenvalue weighted by Gasteiger charge is -2.19. The third-order valence-electron chi connectivity index (χ3n) is 3.76. The van der Waals surface area contributed by atoms with Crippen LogP contribution in [0.5, 0.6) is 0 Å². The van der Waals surface area contributed by atoms with Crippen molar-refractivity contribution < 1.29 is 14.0 Å². The standard InChI is InChI=1S/C19H21FN2O2/c1-14(15-7-4-3-5-8-15)11-19(24)22(2)13-18(23)21-17-10-6-9-16(20)12-17/h3-10,12,14H,11,13H2,1-2H3,(H,21,23). The maximum atomic E-state index is 13.1. The summed E-state index contributed by atoms with van der Waals surface area (Å²) in [6.45, 7) is 1.91. The van der Waals surface area contributed by atoms with Gasteiger partial charge in [-0.15, -0.1) is 0 Å². The van der Waals surface area contributed by atoms with E-state index in [0.717, 1.165) is 5.56 Å². The van der Waals surface area contributed by atoms with Crippen LogP contribution in [-0.2, 0) is 9.59 Å². The van der Waals surface area contributed by atoms with Crippen LogP contribution in [0.2, 0.25) is 0 Å². The van der Waals surface area contributed by atoms with Crippen LogP contribution in [0.1, 0.15) is 24.8 Å². The molecule has 0 bridgehead atoms. The molecule has 1 unspecified atom stereocenters. The third-order valence-corrected chi connectivity index (χ3v) is 3.76. The van der Waals surface area contributed by atoms with E-state index in [0.29, 0.717) is 12.1 Å². The van der Waals surface area contributed by atoms with E-state index in [1.807, 2.05) is 37.3 Å². The van der Waals surface area contributed by atoms with E-state index in [-0.39, 0.29) is 24.3 Å². The second kappa shape index (κ2) is 8.24. The molecule has 2 aromatic rings. The Labute approximate surface area is 141 Å². The largest absolute Gasteiger partial charge is 0.336 e. The minimum absolute atomic E-state index is 0.0726. The zero-order valence-corrected chi connectivity index (χ0v) is 13.8. The fourth-order valence-corrected chi connectivity index (χ4v) is 2.39. The second-order valence-corrected chi connectivity index (χ2v) is 5.82. The maximum Gasteiger partial charge on any atom is 0.243 e. The fraction of sp³-hybridized carbons (Fsp3) is 0.263. The van der Waals surface area contributed by atoms with E-state index in [1.54, 1.807) is 13.1 Å². The number of benzene rings is 2. The first-order chi connectivity index (χ1) is 11.5. The van der Waals surface area contributed by atoms with Crippen LogP contribution in [0.15, 0.2) is 54.6 Å². The minimum atomic E-state index is -0.422. The number of nitrogens with one attached hydrogen (secondary N) is 1. The molecule has 0 aliphatic heterocycles. The van der Waals surface area contributed by atoms with Crippen LogP contribution < -0.4 is 5.32 Å². The first-order valence-corrected chi connectivity index (χ1v) is 7.80. The highest BCUT2D eigenvalue weighted by atomic mass is 19.1. The van der Waals surface area contributed by atoms with Gasteiger partial charge in [-0.05, 0) is 29.7 Å². The fourth-order valence-electron chi connectivity index (χ4n) is 2.39. The average Bonchev–Trinajstić information content (AvgIpc) is 2.55. The van der Waals surface area contributed by atoms with Crippen LogP contribution in [0.3, 0.4) is 0 Å². The predicted molar refractivity (Wildman–Crippen MR) is 92.1 cm³/mol. The van der Waals surface area contributed by atoms with Crippen molar-refractivity contribution in [1.29, 1.82) is 0 Å². The van der Waals surface area contributed by atoms with E-state index in [1.165, 1.54) is 23.1 Å². The van der Waals surface area contributed by atoms with Crippen molar-refractivity contribution in [1.82, 2.24) is 4.90 Å². The summed E-state index contributed by atoms with van der Waals surface area (Å²) in [5, 5.41) is 2.58. The Morgan fingerprint density at radius 3 is 2.50 bits per heavy atom. The number of likely N-dealkylation sites (N-methyl/N-ethyl adjacent to an activating group) is 1. The number of amides is 2. The Morgan fingerprint density at radius 2 is 1.83 bits per heavy atom. The van der Waals surface area contributed by atoms with Crippen molar-refractivity contribution in [3.63, 3.8) is 0 Å². The molecule has 126 valence electrons. The van der Waals surface area contributed by atoms with E-state index in [2.05, 4.69) is 5.32 Å². The molecular weight excluding hydrogens is 307 g/mol. The summed E-state index contributed by atoms with van der Waals surface area (Å²) in [7, 11) is 1.59. The van der Waals surface area contributed by atoms with Crippen molar-refractivity contribution in [3.05, 3.63) is 66.0 Å². The molecule has 0 fully saturated rings. The van der Waals surface area contributed by atoms with Gasteiger partial charge in [-0.2, -0.15) is 0 Å². The second-order valence-electron chi connectivity index (χ2n) is 5.82. The molecule has 5 heteroatoms. The van der Waals surface area contributed by atoms with Crippen molar-refractivity contribution in [3.8, 4) is 0 Å². The smallest absolute Gasteiger partial charge is 0.243 e. The van der Waals surface area contributed by atoms with Gasteiger partial charge in [0.2, 0.25) is 11.8 Å². The van der Waals surface area contributed by atoms with Crippen molar-refractivity contribution in [2.75, 3.05) is 18.9 Å². The van der Waals surface area contributed by atoms with Crippen molar-refractivity contribution in [2.45, 2.75) is 19.3 Å². The number of nitrogens with zero attached hydrogens (tertiary/aromatic N) is 1. The Balaban J connectivity index is 1.85. The highest BCUT2D eigenvalue weighted by Crippen LogP contribution is 2.19. The number of carbonyl (C=O) groups is 2. The summed E-state index contributed by atoms with van der Waals surface area (Å²) in [5.74, 6) is -0.814. The number of rotatable bonds is 6. The minimum Gasteiger partial charge on any atom is -0.336 e. The van der Waals surface area contributed by atoms with Gasteiger partial charge in [0.15, 0.2) is 0 Å². The van der Waals surface area contributed by atoms with Crippen LogP contribution in [0, 0.1) is 5.82 Å². The monoisotopic (exact) mass is 328 g/mol. The molecule has 0 aliphatic carbocycles. The number of halogens is 1. The molecule has 2 rings (SSSR count). The third kappa shape index (κ3) is 5.19. The van der Waals surface area contributed by atoms with Gasteiger partial charge in [-0.3, -0.25) is 9.59 Å². The number of anilines is 1. The summed E-state index contributed by atoms with van der Waals surface area (Å²) in [4.78, 5) is 25.6. The molecule has 0 aromatic heterocycles. The number of carbonyl (C=O) groups excluding carboxylic acids is 2. The Bertz CT molecular complexity index is 704. The lowest BCUT2D eigenvalue weighted by molar-refractivity contribution is -0.133. The van der Waals surface area contributed by atoms with E-state index < -0.39 is 5.82 Å². The molecule has 0 radical (unpaired) electrons. The lowest BCUT2D eigenvalue weighted by atomic mass is 9.97. The number of hydrogen-bond acceptors (Lipinski definition) is 2. The van der Waals surface area contributed by atoms with E-state index in [4.69, 9.17) is 0 Å². The van der Waals surface area contributed by atoms with Crippen molar-refractivity contribution >= 4 is 17.5 Å². The molecule has 1 N–H and O–H groups in total. The zero-order chi connectivity index (χ0) is 17.5. The number of hydrogen-bond donors (Lipinski definition) is 1. The Morgan fingerprint density at radius 1 is 1.12 bits per heavy atom. The molecule has 4 nitrogen and oxygen atoms in total. The van der Waals surface area contributed by atoms with Gasteiger partial charge in [-0.25, -0.2) is 4.39 Å². The highest BCUT2D eigenvalue weighted by Gasteiger charge is 2.17. The molecule has 0 spiro atoms. The summed E-state index contributed by atoms with van der Waals surface area (Å²) >= 11 is 0. The molecule has 0 saturated carbocycles. The maximum absolute atomic E-state index is 13.1. The molecule has 0 heterocycles. The molecule has 2 aromatic carbocycles. The van der Waals surface area contributed by atoms with Gasteiger partial charge < -0.3 is 10.2 Å². The molecular formula is C19H21FN2O2. The van der Waals surface area contributed by atoms with E-state index in [9.17, 15) is 14.0 Å². The van der Waals surface area contributed by atoms with Crippen LogP contribution >= 0.6 is 0 Å². The van der Waals surface area contributed by atoms with Gasteiger partial charge in [0, 0.05) is 19.2 Å². The normalized spacial score (nSPS) is 11.6. The molecule has 2 amide bonds. The van der Waals surface area contributed by atoms with Crippen LogP contribution in [-0.4, -0.2) is 30.3 Å². The Hall–Kier alpha value is -2.69. The zero-order valence-electron chi connectivity index (χ0n) is 13.8. The van der Waals surface area contributed by atoms with Gasteiger partial charge in [-0.1, -0.05) is 43.3 Å². The summed E-state index contributed by atoms with van der Waals surface area (Å²) in [6.07, 6.45) is 0.327. The average molecular weight is 328 g/mol. The first kappa shape index (κ1) is 17.7. The highest BCUT2D eigenvalue weighted by molar-refractivity contribution is 5.94. The van der Waals surface area contributed by atoms with Gasteiger partial charge in [0.1, 0.15) is 5.82 Å². The molecule has 0 aliphatic rings. The molecule has 1 atom stereocenters. The molecule has 0 saturated heterocycles. The van der Waals surface area contributed by atoms with Gasteiger partial charge in [0.25, 0.3) is 0 Å². The summed E-state index contributed by atoms with van der Waals surface area (Å²) < 4.78 is 13.1. The van der Waals surface area contributed by atoms with Crippen LogP contribution in [0.4, 0.5) is 10.1 Å². The lowest BCUT2D eigenvalue weighted by Crippen LogP contribution is -2.35. The summed E-state index contributed by atoms with van der Waals surface area (Å²) in [6, 6.07) is 15.4.